The Morgan fingerprint density at radius 1 is 1.14 bits per heavy atom. The molecule has 0 aliphatic carbocycles. The summed E-state index contributed by atoms with van der Waals surface area (Å²) in [7, 11) is 0. The molecule has 0 amide bonds. The molecule has 0 fully saturated rings. The van der Waals surface area contributed by atoms with E-state index in [2.05, 4.69) is 20.8 Å². The highest BCUT2D eigenvalue weighted by Crippen LogP contribution is 2.37. The zero-order valence-corrected chi connectivity index (χ0v) is 9.26. The lowest BCUT2D eigenvalue weighted by molar-refractivity contribution is 0.418. The van der Waals surface area contributed by atoms with Gasteiger partial charge in [-0.1, -0.05) is 20.8 Å². The third-order valence-electron chi connectivity index (χ3n) is 2.93. The molecule has 2 heteroatoms. The molecule has 2 nitrogen and oxygen atoms in total. The molecule has 1 aromatic carbocycles. The average Bonchev–Trinajstić information content (AvgIpc) is 2.11. The Hall–Kier alpha value is -1.18. The number of rotatable bonds is 2. The van der Waals surface area contributed by atoms with Crippen LogP contribution in [-0.2, 0) is 5.41 Å². The molecule has 0 aliphatic heterocycles. The molecule has 0 spiro atoms. The lowest BCUT2D eigenvalue weighted by Gasteiger charge is -2.24. The third kappa shape index (κ3) is 1.84. The maximum absolute atomic E-state index is 9.77. The number of aryl methyl sites for hydroxylation is 1. The Balaban J connectivity index is 3.29. The largest absolute Gasteiger partial charge is 0.508 e. The SMILES string of the molecule is CCC(C)(C)c1cc(O)c(C)cc1O. The summed E-state index contributed by atoms with van der Waals surface area (Å²) in [4.78, 5) is 0. The van der Waals surface area contributed by atoms with E-state index < -0.39 is 0 Å². The van der Waals surface area contributed by atoms with Gasteiger partial charge in [0.05, 0.1) is 0 Å². The topological polar surface area (TPSA) is 40.5 Å². The fraction of sp³-hybridized carbons (Fsp3) is 0.500. The van der Waals surface area contributed by atoms with Crippen LogP contribution in [0.2, 0.25) is 0 Å². The first-order chi connectivity index (χ1) is 6.38. The van der Waals surface area contributed by atoms with Crippen molar-refractivity contribution in [1.29, 1.82) is 0 Å². The van der Waals surface area contributed by atoms with Gasteiger partial charge < -0.3 is 10.2 Å². The molecule has 0 heterocycles. The Kier molecular flexibility index (Phi) is 2.74. The minimum atomic E-state index is -0.102. The van der Waals surface area contributed by atoms with Crippen LogP contribution in [0.4, 0.5) is 0 Å². The number of benzene rings is 1. The summed E-state index contributed by atoms with van der Waals surface area (Å²) in [6, 6.07) is 3.27. The van der Waals surface area contributed by atoms with Gasteiger partial charge in [-0.05, 0) is 36.5 Å². The molecule has 0 saturated carbocycles. The smallest absolute Gasteiger partial charge is 0.119 e. The van der Waals surface area contributed by atoms with Gasteiger partial charge in [0.25, 0.3) is 0 Å². The van der Waals surface area contributed by atoms with E-state index in [-0.39, 0.29) is 16.9 Å². The van der Waals surface area contributed by atoms with Gasteiger partial charge in [-0.3, -0.25) is 0 Å². The first kappa shape index (κ1) is 10.9. The molecule has 0 unspecified atom stereocenters. The van der Waals surface area contributed by atoms with E-state index in [0.29, 0.717) is 5.56 Å². The van der Waals surface area contributed by atoms with Crippen LogP contribution < -0.4 is 0 Å². The van der Waals surface area contributed by atoms with E-state index >= 15 is 0 Å². The fourth-order valence-electron chi connectivity index (χ4n) is 1.41. The molecule has 0 radical (unpaired) electrons. The van der Waals surface area contributed by atoms with Gasteiger partial charge in [-0.15, -0.1) is 0 Å². The van der Waals surface area contributed by atoms with E-state index in [1.54, 1.807) is 19.1 Å². The Morgan fingerprint density at radius 2 is 1.71 bits per heavy atom. The van der Waals surface area contributed by atoms with Gasteiger partial charge in [0, 0.05) is 5.56 Å². The van der Waals surface area contributed by atoms with Crippen molar-refractivity contribution in [3.63, 3.8) is 0 Å². The molecule has 78 valence electrons. The van der Waals surface area contributed by atoms with Gasteiger partial charge >= 0.3 is 0 Å². The standard InChI is InChI=1S/C12H18O2/c1-5-12(3,4)9-7-10(13)8(2)6-11(9)14/h6-7,13-14H,5H2,1-4H3. The van der Waals surface area contributed by atoms with Crippen LogP contribution in [-0.4, -0.2) is 10.2 Å². The van der Waals surface area contributed by atoms with E-state index in [1.165, 1.54) is 0 Å². The number of hydrogen-bond acceptors (Lipinski definition) is 2. The molecule has 2 N–H and O–H groups in total. The van der Waals surface area contributed by atoms with Crippen LogP contribution in [0.3, 0.4) is 0 Å². The average molecular weight is 194 g/mol. The highest BCUT2D eigenvalue weighted by molar-refractivity contribution is 5.47. The Bertz CT molecular complexity index is 340. The molecule has 0 aromatic heterocycles. The van der Waals surface area contributed by atoms with Crippen molar-refractivity contribution in [2.24, 2.45) is 0 Å². The molecule has 1 aromatic rings. The molecular formula is C12H18O2. The number of aromatic hydroxyl groups is 2. The monoisotopic (exact) mass is 194 g/mol. The summed E-state index contributed by atoms with van der Waals surface area (Å²) in [5.41, 5.74) is 1.41. The molecule has 1 rings (SSSR count). The van der Waals surface area contributed by atoms with E-state index in [4.69, 9.17) is 0 Å². The van der Waals surface area contributed by atoms with Crippen molar-refractivity contribution < 1.29 is 10.2 Å². The second-order valence-electron chi connectivity index (χ2n) is 4.39. The zero-order valence-electron chi connectivity index (χ0n) is 9.26. The molecule has 0 atom stereocenters. The number of hydrogen-bond donors (Lipinski definition) is 2. The van der Waals surface area contributed by atoms with E-state index in [0.717, 1.165) is 12.0 Å². The van der Waals surface area contributed by atoms with Crippen LogP contribution in [0.1, 0.15) is 38.3 Å². The summed E-state index contributed by atoms with van der Waals surface area (Å²) < 4.78 is 0. The van der Waals surface area contributed by atoms with Gasteiger partial charge in [0.15, 0.2) is 0 Å². The van der Waals surface area contributed by atoms with Gasteiger partial charge in [0.1, 0.15) is 11.5 Å². The van der Waals surface area contributed by atoms with Crippen LogP contribution >= 0.6 is 0 Å². The maximum atomic E-state index is 9.77. The molecule has 0 bridgehead atoms. The third-order valence-corrected chi connectivity index (χ3v) is 2.93. The fourth-order valence-corrected chi connectivity index (χ4v) is 1.41. The quantitative estimate of drug-likeness (QED) is 0.710. The molecule has 0 aliphatic rings. The number of phenols is 2. The molecule has 0 saturated heterocycles. The maximum Gasteiger partial charge on any atom is 0.119 e. The summed E-state index contributed by atoms with van der Waals surface area (Å²) in [5, 5.41) is 19.3. The second kappa shape index (κ2) is 3.52. The lowest BCUT2D eigenvalue weighted by atomic mass is 9.81. The van der Waals surface area contributed by atoms with Crippen molar-refractivity contribution in [2.75, 3.05) is 0 Å². The number of phenolic OH excluding ortho intramolecular Hbond substituents is 2. The highest BCUT2D eigenvalue weighted by atomic mass is 16.3. The normalized spacial score (nSPS) is 11.7. The summed E-state index contributed by atoms with van der Waals surface area (Å²) >= 11 is 0. The highest BCUT2D eigenvalue weighted by Gasteiger charge is 2.22. The van der Waals surface area contributed by atoms with Crippen molar-refractivity contribution in [2.45, 2.75) is 39.5 Å². The van der Waals surface area contributed by atoms with E-state index in [9.17, 15) is 10.2 Å². The van der Waals surface area contributed by atoms with Gasteiger partial charge in [-0.2, -0.15) is 0 Å². The summed E-state index contributed by atoms with van der Waals surface area (Å²) in [6.07, 6.45) is 0.920. The van der Waals surface area contributed by atoms with Crippen LogP contribution in [0.25, 0.3) is 0 Å². The minimum absolute atomic E-state index is 0.102. The van der Waals surface area contributed by atoms with E-state index in [1.807, 2.05) is 0 Å². The minimum Gasteiger partial charge on any atom is -0.508 e. The first-order valence-electron chi connectivity index (χ1n) is 4.91. The summed E-state index contributed by atoms with van der Waals surface area (Å²) in [5.74, 6) is 0.520. The Labute approximate surface area is 85.2 Å². The first-order valence-corrected chi connectivity index (χ1v) is 4.91. The Morgan fingerprint density at radius 3 is 2.21 bits per heavy atom. The predicted octanol–water partition coefficient (Wildman–Crippen LogP) is 3.09. The van der Waals surface area contributed by atoms with Crippen LogP contribution in [0, 0.1) is 6.92 Å². The molecule has 14 heavy (non-hydrogen) atoms. The van der Waals surface area contributed by atoms with Crippen molar-refractivity contribution in [3.05, 3.63) is 23.3 Å². The zero-order chi connectivity index (χ0) is 10.9. The van der Waals surface area contributed by atoms with Gasteiger partial charge in [-0.25, -0.2) is 0 Å². The van der Waals surface area contributed by atoms with Crippen molar-refractivity contribution >= 4 is 0 Å². The predicted molar refractivity (Wildman–Crippen MR) is 57.8 cm³/mol. The molecular weight excluding hydrogens is 176 g/mol. The lowest BCUT2D eigenvalue weighted by Crippen LogP contribution is -2.15. The van der Waals surface area contributed by atoms with Crippen LogP contribution in [0.5, 0.6) is 11.5 Å². The van der Waals surface area contributed by atoms with Crippen molar-refractivity contribution in [1.82, 2.24) is 0 Å². The van der Waals surface area contributed by atoms with Gasteiger partial charge in [0.2, 0.25) is 0 Å². The second-order valence-corrected chi connectivity index (χ2v) is 4.39. The van der Waals surface area contributed by atoms with Crippen LogP contribution in [0.15, 0.2) is 12.1 Å². The summed E-state index contributed by atoms with van der Waals surface area (Å²) in [6.45, 7) is 7.95. The van der Waals surface area contributed by atoms with Crippen molar-refractivity contribution in [3.8, 4) is 11.5 Å².